The lowest BCUT2D eigenvalue weighted by atomic mass is 9.96. The van der Waals surface area contributed by atoms with Gasteiger partial charge < -0.3 is 15.4 Å². The fraction of sp³-hybridized carbons (Fsp3) is 0.533. The summed E-state index contributed by atoms with van der Waals surface area (Å²) in [6, 6.07) is 5.31. The summed E-state index contributed by atoms with van der Waals surface area (Å²) in [6.07, 6.45) is 3.48. The van der Waals surface area contributed by atoms with E-state index in [4.69, 9.17) is 16.3 Å². The van der Waals surface area contributed by atoms with E-state index in [9.17, 15) is 4.79 Å². The molecule has 2 N–H and O–H groups in total. The van der Waals surface area contributed by atoms with Crippen LogP contribution in [0.4, 0.5) is 0 Å². The smallest absolute Gasteiger partial charge is 0.257 e. The Labute approximate surface area is 138 Å². The Hall–Kier alpha value is -0.780. The minimum atomic E-state index is -0.113. The van der Waals surface area contributed by atoms with Gasteiger partial charge in [-0.1, -0.05) is 27.5 Å². The number of nitrogens with one attached hydrogen (secondary N) is 2. The fourth-order valence-corrected chi connectivity index (χ4v) is 3.10. The number of ether oxygens (including phenoxy) is 1. The number of carbonyl (C=O) groups is 1. The number of benzene rings is 1. The van der Waals surface area contributed by atoms with Crippen LogP contribution >= 0.6 is 27.5 Å². The molecule has 1 aliphatic rings. The summed E-state index contributed by atoms with van der Waals surface area (Å²) in [7, 11) is 0. The van der Waals surface area contributed by atoms with Crippen molar-refractivity contribution in [3.63, 3.8) is 0 Å². The van der Waals surface area contributed by atoms with Crippen LogP contribution in [0, 0.1) is 5.92 Å². The van der Waals surface area contributed by atoms with E-state index in [0.717, 1.165) is 24.0 Å². The van der Waals surface area contributed by atoms with Crippen molar-refractivity contribution >= 4 is 33.4 Å². The second-order valence-corrected chi connectivity index (χ2v) is 6.54. The SMILES string of the molecule is O=C(COc1ccc(Br)cc1Cl)NCCC1CCCNC1. The first kappa shape index (κ1) is 16.6. The molecule has 6 heteroatoms. The zero-order valence-electron chi connectivity index (χ0n) is 11.8. The molecular weight excluding hydrogens is 356 g/mol. The van der Waals surface area contributed by atoms with E-state index in [1.165, 1.54) is 12.8 Å². The maximum absolute atomic E-state index is 11.7. The van der Waals surface area contributed by atoms with Crippen molar-refractivity contribution < 1.29 is 9.53 Å². The van der Waals surface area contributed by atoms with E-state index in [2.05, 4.69) is 26.6 Å². The van der Waals surface area contributed by atoms with Crippen molar-refractivity contribution in [3.8, 4) is 5.75 Å². The molecule has 1 aromatic rings. The highest BCUT2D eigenvalue weighted by atomic mass is 79.9. The summed E-state index contributed by atoms with van der Waals surface area (Å²) in [6.45, 7) is 2.86. The molecule has 4 nitrogen and oxygen atoms in total. The molecule has 2 rings (SSSR count). The van der Waals surface area contributed by atoms with Crippen LogP contribution in [0.15, 0.2) is 22.7 Å². The van der Waals surface area contributed by atoms with E-state index in [-0.39, 0.29) is 12.5 Å². The first-order chi connectivity index (χ1) is 10.1. The minimum Gasteiger partial charge on any atom is -0.482 e. The molecule has 1 unspecified atom stereocenters. The van der Waals surface area contributed by atoms with Gasteiger partial charge in [-0.2, -0.15) is 0 Å². The lowest BCUT2D eigenvalue weighted by Gasteiger charge is -2.22. The molecule has 116 valence electrons. The highest BCUT2D eigenvalue weighted by molar-refractivity contribution is 9.10. The van der Waals surface area contributed by atoms with Crippen molar-refractivity contribution in [2.24, 2.45) is 5.92 Å². The Morgan fingerprint density at radius 1 is 1.52 bits per heavy atom. The second-order valence-electron chi connectivity index (χ2n) is 5.21. The lowest BCUT2D eigenvalue weighted by Crippen LogP contribution is -2.34. The van der Waals surface area contributed by atoms with Gasteiger partial charge in [0.05, 0.1) is 5.02 Å². The van der Waals surface area contributed by atoms with Crippen LogP contribution in [0.2, 0.25) is 5.02 Å². The van der Waals surface area contributed by atoms with Gasteiger partial charge >= 0.3 is 0 Å². The van der Waals surface area contributed by atoms with Crippen LogP contribution < -0.4 is 15.4 Å². The Kier molecular flexibility index (Phi) is 6.80. The predicted octanol–water partition coefficient (Wildman–Crippen LogP) is 2.99. The van der Waals surface area contributed by atoms with Crippen molar-refractivity contribution in [2.45, 2.75) is 19.3 Å². The third-order valence-corrected chi connectivity index (χ3v) is 4.32. The highest BCUT2D eigenvalue weighted by Crippen LogP contribution is 2.27. The van der Waals surface area contributed by atoms with Crippen molar-refractivity contribution in [2.75, 3.05) is 26.2 Å². The lowest BCUT2D eigenvalue weighted by molar-refractivity contribution is -0.123. The van der Waals surface area contributed by atoms with Crippen LogP contribution in [-0.4, -0.2) is 32.1 Å². The number of carbonyl (C=O) groups excluding carboxylic acids is 1. The zero-order chi connectivity index (χ0) is 15.1. The average Bonchev–Trinajstić information content (AvgIpc) is 2.47. The highest BCUT2D eigenvalue weighted by Gasteiger charge is 2.13. The van der Waals surface area contributed by atoms with Gasteiger partial charge in [-0.15, -0.1) is 0 Å². The summed E-state index contributed by atoms with van der Waals surface area (Å²) in [5.74, 6) is 1.07. The van der Waals surface area contributed by atoms with Gasteiger partial charge in [0.2, 0.25) is 0 Å². The van der Waals surface area contributed by atoms with E-state index >= 15 is 0 Å². The van der Waals surface area contributed by atoms with Gasteiger partial charge in [0.25, 0.3) is 5.91 Å². The van der Waals surface area contributed by atoms with E-state index < -0.39 is 0 Å². The molecule has 1 amide bonds. The first-order valence-electron chi connectivity index (χ1n) is 7.20. The quantitative estimate of drug-likeness (QED) is 0.803. The van der Waals surface area contributed by atoms with Gasteiger partial charge in [-0.3, -0.25) is 4.79 Å². The standard InChI is InChI=1S/C15H20BrClN2O2/c16-12-3-4-14(13(17)8-12)21-10-15(20)19-7-5-11-2-1-6-18-9-11/h3-4,8,11,18H,1-2,5-7,9-10H2,(H,19,20). The molecule has 1 saturated heterocycles. The monoisotopic (exact) mass is 374 g/mol. The molecule has 1 heterocycles. The Bertz CT molecular complexity index is 479. The van der Waals surface area contributed by atoms with Crippen molar-refractivity contribution in [1.29, 1.82) is 0 Å². The normalized spacial score (nSPS) is 18.3. The third-order valence-electron chi connectivity index (χ3n) is 3.53. The van der Waals surface area contributed by atoms with Gasteiger partial charge in [-0.25, -0.2) is 0 Å². The summed E-state index contributed by atoms with van der Waals surface area (Å²) < 4.78 is 6.30. The minimum absolute atomic E-state index is 0.00965. The van der Waals surface area contributed by atoms with Gasteiger partial charge in [0.1, 0.15) is 5.75 Å². The molecule has 0 radical (unpaired) electrons. The predicted molar refractivity (Wildman–Crippen MR) is 87.9 cm³/mol. The average molecular weight is 376 g/mol. The Balaban J connectivity index is 1.65. The van der Waals surface area contributed by atoms with Gasteiger partial charge in [0.15, 0.2) is 6.61 Å². The summed E-state index contributed by atoms with van der Waals surface area (Å²) in [5, 5.41) is 6.75. The van der Waals surface area contributed by atoms with Gasteiger partial charge in [-0.05, 0) is 56.5 Å². The summed E-state index contributed by atoms with van der Waals surface area (Å²) in [4.78, 5) is 11.7. The number of amides is 1. The molecule has 0 bridgehead atoms. The molecule has 0 spiro atoms. The van der Waals surface area contributed by atoms with Crippen LogP contribution in [0.25, 0.3) is 0 Å². The number of rotatable bonds is 6. The number of piperidine rings is 1. The fourth-order valence-electron chi connectivity index (χ4n) is 2.37. The third kappa shape index (κ3) is 5.85. The Morgan fingerprint density at radius 2 is 2.38 bits per heavy atom. The number of hydrogen-bond donors (Lipinski definition) is 2. The van der Waals surface area contributed by atoms with E-state index in [1.807, 2.05) is 6.07 Å². The van der Waals surface area contributed by atoms with Crippen LogP contribution in [0.3, 0.4) is 0 Å². The zero-order valence-corrected chi connectivity index (χ0v) is 14.2. The largest absolute Gasteiger partial charge is 0.482 e. The topological polar surface area (TPSA) is 50.4 Å². The molecule has 1 aromatic carbocycles. The van der Waals surface area contributed by atoms with Crippen molar-refractivity contribution in [3.05, 3.63) is 27.7 Å². The molecule has 1 aliphatic heterocycles. The van der Waals surface area contributed by atoms with E-state index in [0.29, 0.717) is 23.2 Å². The molecular formula is C15H20BrClN2O2. The maximum Gasteiger partial charge on any atom is 0.257 e. The molecule has 21 heavy (non-hydrogen) atoms. The molecule has 1 atom stereocenters. The molecule has 0 saturated carbocycles. The number of hydrogen-bond acceptors (Lipinski definition) is 3. The van der Waals surface area contributed by atoms with Crippen LogP contribution in [0.5, 0.6) is 5.75 Å². The Morgan fingerprint density at radius 3 is 3.10 bits per heavy atom. The molecule has 1 fully saturated rings. The first-order valence-corrected chi connectivity index (χ1v) is 8.37. The number of halogens is 2. The van der Waals surface area contributed by atoms with Crippen LogP contribution in [-0.2, 0) is 4.79 Å². The summed E-state index contributed by atoms with van der Waals surface area (Å²) in [5.41, 5.74) is 0. The van der Waals surface area contributed by atoms with Crippen LogP contribution in [0.1, 0.15) is 19.3 Å². The van der Waals surface area contributed by atoms with Gasteiger partial charge in [0, 0.05) is 11.0 Å². The summed E-state index contributed by atoms with van der Waals surface area (Å²) >= 11 is 9.35. The molecule has 0 aliphatic carbocycles. The maximum atomic E-state index is 11.7. The van der Waals surface area contributed by atoms with E-state index in [1.54, 1.807) is 12.1 Å². The molecule has 0 aromatic heterocycles. The van der Waals surface area contributed by atoms with Crippen molar-refractivity contribution in [1.82, 2.24) is 10.6 Å². The second kappa shape index (κ2) is 8.61.